The number of aromatic nitrogens is 3. The van der Waals surface area contributed by atoms with E-state index in [2.05, 4.69) is 10.2 Å². The van der Waals surface area contributed by atoms with Gasteiger partial charge >= 0.3 is 6.18 Å². The zero-order valence-electron chi connectivity index (χ0n) is 14.9. The van der Waals surface area contributed by atoms with E-state index in [0.29, 0.717) is 12.7 Å². The van der Waals surface area contributed by atoms with Gasteiger partial charge in [-0.25, -0.2) is 8.78 Å². The van der Waals surface area contributed by atoms with E-state index in [0.717, 1.165) is 12.1 Å². The van der Waals surface area contributed by atoms with Crippen LogP contribution in [0.1, 0.15) is 36.9 Å². The number of halogens is 5. The lowest BCUT2D eigenvalue weighted by atomic mass is 10.0. The Labute approximate surface area is 156 Å². The van der Waals surface area contributed by atoms with E-state index in [-0.39, 0.29) is 23.7 Å². The highest BCUT2D eigenvalue weighted by atomic mass is 19.4. The second kappa shape index (κ2) is 7.70. The Hall–Kier alpha value is -2.75. The van der Waals surface area contributed by atoms with Crippen LogP contribution in [-0.4, -0.2) is 21.2 Å². The molecule has 10 heteroatoms. The predicted molar refractivity (Wildman–Crippen MR) is 88.7 cm³/mol. The summed E-state index contributed by atoms with van der Waals surface area (Å²) in [5, 5.41) is 7.41. The Kier molecular flexibility index (Phi) is 5.50. The Balaban J connectivity index is 2.04. The summed E-state index contributed by atoms with van der Waals surface area (Å²) in [6.45, 7) is 3.45. The molecule has 0 aliphatic heterocycles. The predicted octanol–water partition coefficient (Wildman–Crippen LogP) is 4.70. The number of hydrogen-bond acceptors (Lipinski definition) is 4. The summed E-state index contributed by atoms with van der Waals surface area (Å²) >= 11 is 0. The number of benzene rings is 1. The van der Waals surface area contributed by atoms with Crippen LogP contribution in [0.15, 0.2) is 30.5 Å². The maximum atomic E-state index is 13.8. The maximum Gasteiger partial charge on any atom is 0.420 e. The van der Waals surface area contributed by atoms with Gasteiger partial charge in [-0.1, -0.05) is 0 Å². The fraction of sp³-hybridized carbons (Fsp3) is 0.333. The van der Waals surface area contributed by atoms with Crippen LogP contribution in [0.4, 0.5) is 22.0 Å². The van der Waals surface area contributed by atoms with Crippen LogP contribution in [0.2, 0.25) is 0 Å². The van der Waals surface area contributed by atoms with Crippen molar-refractivity contribution in [3.05, 3.63) is 59.0 Å². The van der Waals surface area contributed by atoms with Crippen molar-refractivity contribution in [1.29, 1.82) is 0 Å². The molecule has 1 atom stereocenters. The van der Waals surface area contributed by atoms with Crippen LogP contribution in [0, 0.1) is 11.6 Å². The Morgan fingerprint density at radius 2 is 1.89 bits per heavy atom. The summed E-state index contributed by atoms with van der Waals surface area (Å²) < 4.78 is 79.9. The quantitative estimate of drug-likeness (QED) is 0.562. The Bertz CT molecular complexity index is 987. The van der Waals surface area contributed by atoms with E-state index < -0.39 is 35.1 Å². The average molecular weight is 401 g/mol. The van der Waals surface area contributed by atoms with Crippen LogP contribution < -0.4 is 4.74 Å². The molecule has 0 fully saturated rings. The summed E-state index contributed by atoms with van der Waals surface area (Å²) in [5.74, 6) is -1.98. The van der Waals surface area contributed by atoms with Gasteiger partial charge < -0.3 is 9.47 Å². The molecule has 28 heavy (non-hydrogen) atoms. The SMILES string of the molecule is CCOCc1nnc2c(C(F)(F)F)c(C(C)Oc3ccc(F)cc3F)ccn12. The van der Waals surface area contributed by atoms with Gasteiger partial charge in [0, 0.05) is 24.4 Å². The van der Waals surface area contributed by atoms with E-state index in [4.69, 9.17) is 9.47 Å². The molecule has 0 spiro atoms. The molecule has 0 amide bonds. The Morgan fingerprint density at radius 3 is 2.54 bits per heavy atom. The minimum Gasteiger partial charge on any atom is -0.483 e. The third kappa shape index (κ3) is 3.91. The molecular formula is C18H16F5N3O2. The molecule has 0 radical (unpaired) electrons. The molecule has 0 saturated carbocycles. The first-order valence-electron chi connectivity index (χ1n) is 8.35. The van der Waals surface area contributed by atoms with Crippen LogP contribution >= 0.6 is 0 Å². The molecule has 3 rings (SSSR count). The van der Waals surface area contributed by atoms with Gasteiger partial charge in [0.05, 0.1) is 0 Å². The fourth-order valence-corrected chi connectivity index (χ4v) is 2.76. The number of nitrogens with zero attached hydrogens (tertiary/aromatic N) is 3. The van der Waals surface area contributed by atoms with Gasteiger partial charge in [-0.05, 0) is 32.0 Å². The smallest absolute Gasteiger partial charge is 0.420 e. The molecule has 2 aromatic heterocycles. The highest BCUT2D eigenvalue weighted by molar-refractivity contribution is 5.54. The zero-order chi connectivity index (χ0) is 20.5. The third-order valence-electron chi connectivity index (χ3n) is 4.04. The van der Waals surface area contributed by atoms with Crippen molar-refractivity contribution in [2.24, 2.45) is 0 Å². The normalized spacial score (nSPS) is 13.1. The van der Waals surface area contributed by atoms with Crippen molar-refractivity contribution < 1.29 is 31.4 Å². The number of alkyl halides is 3. The second-order valence-electron chi connectivity index (χ2n) is 5.93. The molecule has 2 heterocycles. The summed E-state index contributed by atoms with van der Waals surface area (Å²) in [6.07, 6.45) is -4.57. The van der Waals surface area contributed by atoms with Crippen molar-refractivity contribution in [1.82, 2.24) is 14.6 Å². The summed E-state index contributed by atoms with van der Waals surface area (Å²) in [5.41, 5.74) is -1.70. The molecule has 1 aromatic carbocycles. The molecule has 150 valence electrons. The zero-order valence-corrected chi connectivity index (χ0v) is 14.9. The van der Waals surface area contributed by atoms with E-state index in [1.807, 2.05) is 0 Å². The van der Waals surface area contributed by atoms with Gasteiger partial charge in [0.25, 0.3) is 0 Å². The standard InChI is InChI=1S/C18H16F5N3O2/c1-3-27-9-15-24-25-17-16(18(21,22)23)12(6-7-26(15)17)10(2)28-14-5-4-11(19)8-13(14)20/h4-8,10H,3,9H2,1-2H3. The second-order valence-corrected chi connectivity index (χ2v) is 5.93. The summed E-state index contributed by atoms with van der Waals surface area (Å²) in [6, 6.07) is 3.77. The number of rotatable bonds is 6. The molecule has 5 nitrogen and oxygen atoms in total. The van der Waals surface area contributed by atoms with E-state index in [1.54, 1.807) is 6.92 Å². The van der Waals surface area contributed by atoms with Crippen LogP contribution in [0.25, 0.3) is 5.65 Å². The molecular weight excluding hydrogens is 385 g/mol. The fourth-order valence-electron chi connectivity index (χ4n) is 2.76. The summed E-state index contributed by atoms with van der Waals surface area (Å²) in [7, 11) is 0. The van der Waals surface area contributed by atoms with E-state index in [9.17, 15) is 22.0 Å². The highest BCUT2D eigenvalue weighted by Gasteiger charge is 2.39. The summed E-state index contributed by atoms with van der Waals surface area (Å²) in [4.78, 5) is 0. The third-order valence-corrected chi connectivity index (χ3v) is 4.04. The van der Waals surface area contributed by atoms with Crippen molar-refractivity contribution in [3.63, 3.8) is 0 Å². The minimum absolute atomic E-state index is 0.00115. The van der Waals surface area contributed by atoms with Crippen LogP contribution in [0.5, 0.6) is 5.75 Å². The lowest BCUT2D eigenvalue weighted by Crippen LogP contribution is -2.16. The molecule has 3 aromatic rings. The number of ether oxygens (including phenoxy) is 2. The number of hydrogen-bond donors (Lipinski definition) is 0. The van der Waals surface area contributed by atoms with Gasteiger partial charge in [-0.3, -0.25) is 4.40 Å². The maximum absolute atomic E-state index is 13.8. The van der Waals surface area contributed by atoms with Crippen molar-refractivity contribution in [2.45, 2.75) is 32.7 Å². The first kappa shape index (κ1) is 20.0. The first-order valence-corrected chi connectivity index (χ1v) is 8.35. The van der Waals surface area contributed by atoms with E-state index in [1.165, 1.54) is 23.6 Å². The molecule has 1 unspecified atom stereocenters. The molecule has 0 aliphatic rings. The number of fused-ring (bicyclic) bond motifs is 1. The largest absolute Gasteiger partial charge is 0.483 e. The first-order chi connectivity index (χ1) is 13.2. The number of pyridine rings is 1. The molecule has 0 bridgehead atoms. The van der Waals surface area contributed by atoms with Gasteiger partial charge in [0.15, 0.2) is 23.0 Å². The van der Waals surface area contributed by atoms with Gasteiger partial charge in [-0.2, -0.15) is 13.2 Å². The highest BCUT2D eigenvalue weighted by Crippen LogP contribution is 2.38. The van der Waals surface area contributed by atoms with Gasteiger partial charge in [0.1, 0.15) is 24.1 Å². The minimum atomic E-state index is -4.76. The molecule has 0 N–H and O–H groups in total. The lowest BCUT2D eigenvalue weighted by molar-refractivity contribution is -0.138. The van der Waals surface area contributed by atoms with Crippen molar-refractivity contribution >= 4 is 5.65 Å². The van der Waals surface area contributed by atoms with E-state index >= 15 is 0 Å². The van der Waals surface area contributed by atoms with Crippen molar-refractivity contribution in [3.8, 4) is 5.75 Å². The molecule has 0 aliphatic carbocycles. The monoisotopic (exact) mass is 401 g/mol. The van der Waals surface area contributed by atoms with Crippen LogP contribution in [0.3, 0.4) is 0 Å². The topological polar surface area (TPSA) is 48.7 Å². The van der Waals surface area contributed by atoms with Crippen molar-refractivity contribution in [2.75, 3.05) is 6.61 Å². The van der Waals surface area contributed by atoms with Crippen LogP contribution in [-0.2, 0) is 17.5 Å². The lowest BCUT2D eigenvalue weighted by Gasteiger charge is -2.20. The molecule has 0 saturated heterocycles. The van der Waals surface area contributed by atoms with Gasteiger partial charge in [-0.15, -0.1) is 10.2 Å². The van der Waals surface area contributed by atoms with Gasteiger partial charge in [0.2, 0.25) is 0 Å². The Morgan fingerprint density at radius 1 is 1.14 bits per heavy atom. The average Bonchev–Trinajstić information content (AvgIpc) is 3.03.